The van der Waals surface area contributed by atoms with Gasteiger partial charge in [0.1, 0.15) is 5.82 Å². The molecule has 0 bridgehead atoms. The maximum absolute atomic E-state index is 13.0. The van der Waals surface area contributed by atoms with Crippen LogP contribution in [0.25, 0.3) is 5.95 Å². The molecule has 10 nitrogen and oxygen atoms in total. The topological polar surface area (TPSA) is 128 Å². The zero-order chi connectivity index (χ0) is 24.1. The van der Waals surface area contributed by atoms with Crippen LogP contribution in [0.5, 0.6) is 0 Å². The summed E-state index contributed by atoms with van der Waals surface area (Å²) in [6, 6.07) is 2.97. The van der Waals surface area contributed by atoms with Crippen LogP contribution in [0.15, 0.2) is 26.9 Å². The summed E-state index contributed by atoms with van der Waals surface area (Å²) in [5, 5.41) is 8.14. The van der Waals surface area contributed by atoms with Gasteiger partial charge in [0.25, 0.3) is 11.1 Å². The molecule has 1 aliphatic rings. The lowest BCUT2D eigenvalue weighted by Gasteiger charge is -2.14. The van der Waals surface area contributed by atoms with Crippen molar-refractivity contribution in [2.75, 3.05) is 11.1 Å². The van der Waals surface area contributed by atoms with Crippen LogP contribution in [0.3, 0.4) is 0 Å². The Morgan fingerprint density at radius 3 is 2.61 bits per heavy atom. The zero-order valence-electron chi connectivity index (χ0n) is 19.5. The molecule has 33 heavy (non-hydrogen) atoms. The van der Waals surface area contributed by atoms with E-state index in [1.165, 1.54) is 22.5 Å². The molecule has 0 saturated heterocycles. The number of carbonyl (C=O) groups excluding carboxylic acids is 1. The normalized spacial score (nSPS) is 15.5. The van der Waals surface area contributed by atoms with E-state index in [1.807, 2.05) is 20.8 Å². The molecule has 174 valence electrons. The van der Waals surface area contributed by atoms with Gasteiger partial charge >= 0.3 is 0 Å². The van der Waals surface area contributed by atoms with Gasteiger partial charge in [-0.3, -0.25) is 23.9 Å². The molecular formula is C22H27N7O3S. The van der Waals surface area contributed by atoms with Crippen LogP contribution in [0.2, 0.25) is 0 Å². The summed E-state index contributed by atoms with van der Waals surface area (Å²) < 4.78 is 3.03. The summed E-state index contributed by atoms with van der Waals surface area (Å²) in [4.78, 5) is 49.3. The molecule has 11 heteroatoms. The van der Waals surface area contributed by atoms with E-state index in [4.69, 9.17) is 0 Å². The summed E-state index contributed by atoms with van der Waals surface area (Å²) >= 11 is 1.47. The Bertz CT molecular complexity index is 1360. The minimum absolute atomic E-state index is 0.109. The number of anilines is 1. The van der Waals surface area contributed by atoms with Gasteiger partial charge in [-0.15, -0.1) is 0 Å². The number of aryl methyl sites for hydroxylation is 2. The van der Waals surface area contributed by atoms with Gasteiger partial charge in [0, 0.05) is 46.7 Å². The van der Waals surface area contributed by atoms with E-state index in [-0.39, 0.29) is 40.9 Å². The molecule has 3 aromatic rings. The Labute approximate surface area is 194 Å². The van der Waals surface area contributed by atoms with Gasteiger partial charge < -0.3 is 5.32 Å². The third-order valence-corrected chi connectivity index (χ3v) is 6.66. The molecule has 0 spiro atoms. The monoisotopic (exact) mass is 469 g/mol. The van der Waals surface area contributed by atoms with Crippen molar-refractivity contribution in [3.05, 3.63) is 55.5 Å². The van der Waals surface area contributed by atoms with Gasteiger partial charge in [-0.25, -0.2) is 9.97 Å². The van der Waals surface area contributed by atoms with Crippen LogP contribution in [-0.4, -0.2) is 41.0 Å². The predicted octanol–water partition coefficient (Wildman–Crippen LogP) is 2.41. The molecule has 4 rings (SSSR count). The van der Waals surface area contributed by atoms with Gasteiger partial charge in [-0.05, 0) is 20.8 Å². The van der Waals surface area contributed by atoms with E-state index < -0.39 is 0 Å². The lowest BCUT2D eigenvalue weighted by molar-refractivity contribution is -0.116. The smallest absolute Gasteiger partial charge is 0.255 e. The van der Waals surface area contributed by atoms with E-state index in [2.05, 4.69) is 25.4 Å². The number of nitrogens with one attached hydrogen (secondary N) is 2. The summed E-state index contributed by atoms with van der Waals surface area (Å²) in [6.07, 6.45) is 0.109. The lowest BCUT2D eigenvalue weighted by Crippen LogP contribution is -2.28. The zero-order valence-corrected chi connectivity index (χ0v) is 20.3. The largest absolute Gasteiger partial charge is 0.310 e. The Balaban J connectivity index is 1.65. The Hall–Kier alpha value is -3.21. The lowest BCUT2D eigenvalue weighted by atomic mass is 9.92. The van der Waals surface area contributed by atoms with Crippen LogP contribution >= 0.6 is 11.8 Å². The van der Waals surface area contributed by atoms with Crippen molar-refractivity contribution in [1.29, 1.82) is 0 Å². The molecule has 2 N–H and O–H groups in total. The number of amides is 1. The van der Waals surface area contributed by atoms with E-state index in [9.17, 15) is 14.4 Å². The average Bonchev–Trinajstić information content (AvgIpc) is 3.30. The van der Waals surface area contributed by atoms with Crippen LogP contribution in [0, 0.1) is 20.8 Å². The van der Waals surface area contributed by atoms with Crippen molar-refractivity contribution in [3.63, 3.8) is 0 Å². The van der Waals surface area contributed by atoms with Crippen LogP contribution in [0.4, 0.5) is 5.82 Å². The molecule has 3 aromatic heterocycles. The highest BCUT2D eigenvalue weighted by atomic mass is 32.2. The van der Waals surface area contributed by atoms with Crippen molar-refractivity contribution < 1.29 is 4.79 Å². The summed E-state index contributed by atoms with van der Waals surface area (Å²) in [7, 11) is 0. The predicted molar refractivity (Wildman–Crippen MR) is 126 cm³/mol. The van der Waals surface area contributed by atoms with E-state index in [0.717, 1.165) is 5.69 Å². The highest BCUT2D eigenvalue weighted by Gasteiger charge is 2.28. The maximum atomic E-state index is 13.0. The highest BCUT2D eigenvalue weighted by molar-refractivity contribution is 7.99. The molecule has 0 saturated carbocycles. The second-order valence-electron chi connectivity index (χ2n) is 9.28. The molecule has 1 amide bonds. The number of hydrogen-bond acceptors (Lipinski definition) is 7. The van der Waals surface area contributed by atoms with E-state index in [0.29, 0.717) is 33.7 Å². The van der Waals surface area contributed by atoms with Crippen molar-refractivity contribution >= 4 is 23.5 Å². The Morgan fingerprint density at radius 2 is 1.94 bits per heavy atom. The van der Waals surface area contributed by atoms with Gasteiger partial charge in [-0.1, -0.05) is 32.5 Å². The highest BCUT2D eigenvalue weighted by Crippen LogP contribution is 2.32. The first-order chi connectivity index (χ1) is 15.4. The molecule has 4 heterocycles. The van der Waals surface area contributed by atoms with Crippen LogP contribution in [0.1, 0.15) is 55.9 Å². The first kappa shape index (κ1) is 23.0. The molecular weight excluding hydrogens is 442 g/mol. The SMILES string of the molecule is Cc1cc(=O)n2c(n1)SCC2CC(=O)Nc1cc(C(C)(C)C)nn1-c1nc(C)c(C)c(=O)[nH]1. The van der Waals surface area contributed by atoms with Crippen molar-refractivity contribution in [3.8, 4) is 5.95 Å². The minimum Gasteiger partial charge on any atom is -0.310 e. The second-order valence-corrected chi connectivity index (χ2v) is 10.3. The fourth-order valence-electron chi connectivity index (χ4n) is 3.55. The fraction of sp³-hybridized carbons (Fsp3) is 0.455. The quantitative estimate of drug-likeness (QED) is 0.562. The van der Waals surface area contributed by atoms with Gasteiger partial charge in [-0.2, -0.15) is 9.78 Å². The maximum Gasteiger partial charge on any atom is 0.255 e. The Kier molecular flexibility index (Phi) is 5.77. The molecule has 1 atom stereocenters. The van der Waals surface area contributed by atoms with Crippen molar-refractivity contribution in [2.24, 2.45) is 0 Å². The molecule has 0 fully saturated rings. The molecule has 0 aromatic carbocycles. The number of rotatable bonds is 4. The average molecular weight is 470 g/mol. The number of fused-ring (bicyclic) bond motifs is 1. The fourth-order valence-corrected chi connectivity index (χ4v) is 4.74. The number of aromatic nitrogens is 6. The first-order valence-electron chi connectivity index (χ1n) is 10.7. The molecule has 0 radical (unpaired) electrons. The summed E-state index contributed by atoms with van der Waals surface area (Å²) in [5.41, 5.74) is 1.80. The molecule has 1 unspecified atom stereocenters. The number of hydrogen-bond donors (Lipinski definition) is 2. The molecule has 0 aliphatic carbocycles. The summed E-state index contributed by atoms with van der Waals surface area (Å²) in [5.74, 6) is 0.953. The second kappa shape index (κ2) is 8.29. The Morgan fingerprint density at radius 1 is 1.21 bits per heavy atom. The van der Waals surface area contributed by atoms with Gasteiger partial charge in [0.05, 0.1) is 11.7 Å². The van der Waals surface area contributed by atoms with Gasteiger partial charge in [0.2, 0.25) is 11.9 Å². The first-order valence-corrected chi connectivity index (χ1v) is 11.6. The number of aromatic amines is 1. The third kappa shape index (κ3) is 4.50. The minimum atomic E-state index is -0.289. The number of thioether (sulfide) groups is 1. The standard InChI is InChI=1S/C22H27N7O3S/c1-11-7-18(31)28-14(10-33-21(28)23-11)8-17(30)25-16-9-15(22(4,5)6)27-29(16)20-24-13(3)12(2)19(32)26-20/h7,9,14H,8,10H2,1-6H3,(H,25,30)(H,24,26,32). The van der Waals surface area contributed by atoms with Gasteiger partial charge in [0.15, 0.2) is 5.16 Å². The summed E-state index contributed by atoms with van der Waals surface area (Å²) in [6.45, 7) is 11.3. The number of H-pyrrole nitrogens is 1. The van der Waals surface area contributed by atoms with E-state index in [1.54, 1.807) is 31.4 Å². The van der Waals surface area contributed by atoms with E-state index >= 15 is 0 Å². The molecule has 1 aliphatic heterocycles. The van der Waals surface area contributed by atoms with Crippen molar-refractivity contribution in [1.82, 2.24) is 29.3 Å². The van der Waals surface area contributed by atoms with Crippen LogP contribution < -0.4 is 16.4 Å². The third-order valence-electron chi connectivity index (χ3n) is 5.57. The number of nitrogens with zero attached hydrogens (tertiary/aromatic N) is 5. The van der Waals surface area contributed by atoms with Crippen molar-refractivity contribution in [2.45, 2.75) is 64.6 Å². The van der Waals surface area contributed by atoms with Crippen LogP contribution in [-0.2, 0) is 10.2 Å². The number of carbonyl (C=O) groups is 1.